The number of benzene rings is 1. The van der Waals surface area contributed by atoms with E-state index >= 15 is 0 Å². The third-order valence-electron chi connectivity index (χ3n) is 5.62. The van der Waals surface area contributed by atoms with Crippen LogP contribution in [0.15, 0.2) is 30.3 Å². The Morgan fingerprint density at radius 1 is 0.852 bits per heavy atom. The molecule has 0 N–H and O–H groups in total. The Kier molecular flexibility index (Phi) is 7.10. The summed E-state index contributed by atoms with van der Waals surface area (Å²) in [4.78, 5) is 33.4. The first-order chi connectivity index (χ1) is 13.2. The zero-order valence-corrected chi connectivity index (χ0v) is 16.5. The van der Waals surface area contributed by atoms with Crippen molar-refractivity contribution in [3.63, 3.8) is 0 Å². The molecule has 2 aliphatic heterocycles. The van der Waals surface area contributed by atoms with Crippen LogP contribution < -0.4 is 4.90 Å². The van der Waals surface area contributed by atoms with Gasteiger partial charge in [0.1, 0.15) is 0 Å². The predicted octanol–water partition coefficient (Wildman–Crippen LogP) is 1.67. The van der Waals surface area contributed by atoms with Gasteiger partial charge in [-0.05, 0) is 38.3 Å². The number of likely N-dealkylation sites (tertiary alicyclic amines) is 1. The second kappa shape index (κ2) is 9.74. The monoisotopic (exact) mass is 372 g/mol. The quantitative estimate of drug-likeness (QED) is 0.762. The molecule has 0 atom stereocenters. The lowest BCUT2D eigenvalue weighted by molar-refractivity contribution is -0.135. The maximum Gasteiger partial charge on any atom is 0.242 e. The van der Waals surface area contributed by atoms with Crippen molar-refractivity contribution in [1.29, 1.82) is 0 Å². The van der Waals surface area contributed by atoms with Gasteiger partial charge in [0.05, 0.1) is 13.1 Å². The standard InChI is InChI=1S/C21H32N4O2/c1-2-23(19-9-5-3-6-10-19)18-21(27)25-15-13-22(14-16-25)17-20(26)24-11-7-4-8-12-24/h3,5-6,9-10H,2,4,7-8,11-18H2,1H3. The Morgan fingerprint density at radius 3 is 2.11 bits per heavy atom. The Bertz CT molecular complexity index is 608. The van der Waals surface area contributed by atoms with Crippen LogP contribution in [0.1, 0.15) is 26.2 Å². The van der Waals surface area contributed by atoms with Gasteiger partial charge in [0.25, 0.3) is 0 Å². The van der Waals surface area contributed by atoms with Gasteiger partial charge in [-0.25, -0.2) is 0 Å². The highest BCUT2D eigenvalue weighted by Crippen LogP contribution is 2.14. The number of rotatable bonds is 6. The number of carbonyl (C=O) groups excluding carboxylic acids is 2. The summed E-state index contributed by atoms with van der Waals surface area (Å²) < 4.78 is 0. The van der Waals surface area contributed by atoms with Gasteiger partial charge in [-0.15, -0.1) is 0 Å². The van der Waals surface area contributed by atoms with Crippen molar-refractivity contribution >= 4 is 17.5 Å². The third-order valence-corrected chi connectivity index (χ3v) is 5.62. The number of piperidine rings is 1. The van der Waals surface area contributed by atoms with Crippen LogP contribution in [-0.4, -0.2) is 85.4 Å². The molecule has 2 saturated heterocycles. The van der Waals surface area contributed by atoms with Crippen molar-refractivity contribution in [3.8, 4) is 0 Å². The Balaban J connectivity index is 1.44. The van der Waals surface area contributed by atoms with Crippen LogP contribution in [0.2, 0.25) is 0 Å². The zero-order valence-electron chi connectivity index (χ0n) is 16.5. The van der Waals surface area contributed by atoms with Crippen LogP contribution in [0.25, 0.3) is 0 Å². The molecule has 0 aromatic heterocycles. The van der Waals surface area contributed by atoms with Crippen LogP contribution in [0.4, 0.5) is 5.69 Å². The lowest BCUT2D eigenvalue weighted by Crippen LogP contribution is -2.53. The summed E-state index contributed by atoms with van der Waals surface area (Å²) in [7, 11) is 0. The van der Waals surface area contributed by atoms with Gasteiger partial charge in [0.2, 0.25) is 11.8 Å². The van der Waals surface area contributed by atoms with Crippen LogP contribution in [-0.2, 0) is 9.59 Å². The fourth-order valence-corrected chi connectivity index (χ4v) is 3.88. The predicted molar refractivity (Wildman–Crippen MR) is 108 cm³/mol. The largest absolute Gasteiger partial charge is 0.362 e. The number of anilines is 1. The molecule has 0 bridgehead atoms. The molecule has 1 aromatic rings. The van der Waals surface area contributed by atoms with Crippen molar-refractivity contribution in [2.75, 3.05) is 63.8 Å². The smallest absolute Gasteiger partial charge is 0.242 e. The van der Waals surface area contributed by atoms with Gasteiger partial charge < -0.3 is 14.7 Å². The molecule has 1 aromatic carbocycles. The summed E-state index contributed by atoms with van der Waals surface area (Å²) in [5.41, 5.74) is 1.08. The van der Waals surface area contributed by atoms with Gasteiger partial charge in [0.15, 0.2) is 0 Å². The van der Waals surface area contributed by atoms with E-state index in [0.29, 0.717) is 26.2 Å². The molecule has 0 radical (unpaired) electrons. The molecule has 2 heterocycles. The highest BCUT2D eigenvalue weighted by atomic mass is 16.2. The SMILES string of the molecule is CCN(CC(=O)N1CCN(CC(=O)N2CCCCC2)CC1)c1ccccc1. The Labute approximate surface area is 162 Å². The fourth-order valence-electron chi connectivity index (χ4n) is 3.88. The number of likely N-dealkylation sites (N-methyl/N-ethyl adjacent to an activating group) is 1. The summed E-state index contributed by atoms with van der Waals surface area (Å²) in [6.07, 6.45) is 3.50. The van der Waals surface area contributed by atoms with Gasteiger partial charge in [0, 0.05) is 51.5 Å². The second-order valence-electron chi connectivity index (χ2n) is 7.45. The maximum atomic E-state index is 12.7. The Morgan fingerprint density at radius 2 is 1.48 bits per heavy atom. The van der Waals surface area contributed by atoms with Crippen molar-refractivity contribution in [3.05, 3.63) is 30.3 Å². The van der Waals surface area contributed by atoms with Gasteiger partial charge >= 0.3 is 0 Å². The highest BCUT2D eigenvalue weighted by molar-refractivity contribution is 5.82. The number of nitrogens with zero attached hydrogens (tertiary/aromatic N) is 4. The number of piperazine rings is 1. The third kappa shape index (κ3) is 5.45. The van der Waals surface area contributed by atoms with Crippen LogP contribution in [0, 0.1) is 0 Å². The topological polar surface area (TPSA) is 47.1 Å². The van der Waals surface area contributed by atoms with Gasteiger partial charge in [-0.3, -0.25) is 14.5 Å². The molecule has 0 unspecified atom stereocenters. The summed E-state index contributed by atoms with van der Waals surface area (Å²) >= 11 is 0. The fraction of sp³-hybridized carbons (Fsp3) is 0.619. The summed E-state index contributed by atoms with van der Waals surface area (Å²) in [5.74, 6) is 0.415. The first kappa shape index (κ1) is 19.7. The molecule has 2 amide bonds. The van der Waals surface area contributed by atoms with Crippen LogP contribution >= 0.6 is 0 Å². The number of para-hydroxylation sites is 1. The van der Waals surface area contributed by atoms with Gasteiger partial charge in [-0.2, -0.15) is 0 Å². The molecule has 148 valence electrons. The van der Waals surface area contributed by atoms with E-state index in [4.69, 9.17) is 0 Å². The molecule has 2 aliphatic rings. The number of carbonyl (C=O) groups is 2. The summed E-state index contributed by atoms with van der Waals surface area (Å²) in [5, 5.41) is 0. The van der Waals surface area contributed by atoms with E-state index in [2.05, 4.69) is 16.7 Å². The van der Waals surface area contributed by atoms with E-state index in [1.165, 1.54) is 6.42 Å². The average Bonchev–Trinajstić information content (AvgIpc) is 2.73. The van der Waals surface area contributed by atoms with Gasteiger partial charge in [-0.1, -0.05) is 18.2 Å². The normalized spacial score (nSPS) is 18.4. The molecule has 6 heteroatoms. The Hall–Kier alpha value is -2.08. The van der Waals surface area contributed by atoms with Crippen molar-refractivity contribution in [2.24, 2.45) is 0 Å². The minimum Gasteiger partial charge on any atom is -0.362 e. The molecule has 6 nitrogen and oxygen atoms in total. The molecule has 2 fully saturated rings. The van der Waals surface area contributed by atoms with E-state index < -0.39 is 0 Å². The van der Waals surface area contributed by atoms with Crippen molar-refractivity contribution in [2.45, 2.75) is 26.2 Å². The lowest BCUT2D eigenvalue weighted by Gasteiger charge is -2.37. The van der Waals surface area contributed by atoms with E-state index in [9.17, 15) is 9.59 Å². The lowest BCUT2D eigenvalue weighted by atomic mass is 10.1. The number of hydrogen-bond donors (Lipinski definition) is 0. The van der Waals surface area contributed by atoms with E-state index in [1.54, 1.807) is 0 Å². The van der Waals surface area contributed by atoms with Crippen LogP contribution in [0.5, 0.6) is 0 Å². The van der Waals surface area contributed by atoms with Crippen molar-refractivity contribution in [1.82, 2.24) is 14.7 Å². The molecular formula is C21H32N4O2. The van der Waals surface area contributed by atoms with Crippen molar-refractivity contribution < 1.29 is 9.59 Å². The molecule has 0 aliphatic carbocycles. The average molecular weight is 373 g/mol. The molecular weight excluding hydrogens is 340 g/mol. The number of amides is 2. The summed E-state index contributed by atoms with van der Waals surface area (Å²) in [6.45, 7) is 8.57. The highest BCUT2D eigenvalue weighted by Gasteiger charge is 2.25. The second-order valence-corrected chi connectivity index (χ2v) is 7.45. The van der Waals surface area contributed by atoms with Crippen LogP contribution in [0.3, 0.4) is 0 Å². The summed E-state index contributed by atoms with van der Waals surface area (Å²) in [6, 6.07) is 10.1. The first-order valence-electron chi connectivity index (χ1n) is 10.3. The molecule has 3 rings (SSSR count). The zero-order chi connectivity index (χ0) is 19.1. The molecule has 0 spiro atoms. The number of hydrogen-bond acceptors (Lipinski definition) is 4. The molecule has 0 saturated carbocycles. The van der Waals surface area contributed by atoms with E-state index in [0.717, 1.165) is 51.3 Å². The minimum atomic E-state index is 0.169. The first-order valence-corrected chi connectivity index (χ1v) is 10.3. The maximum absolute atomic E-state index is 12.7. The van der Waals surface area contributed by atoms with E-state index in [1.807, 2.05) is 40.1 Å². The van der Waals surface area contributed by atoms with E-state index in [-0.39, 0.29) is 11.8 Å². The molecule has 27 heavy (non-hydrogen) atoms. The minimum absolute atomic E-state index is 0.169.